The second-order valence-electron chi connectivity index (χ2n) is 6.25. The Balaban J connectivity index is 0.00000129. The van der Waals surface area contributed by atoms with Crippen LogP contribution in [-0.2, 0) is 28.9 Å². The third kappa shape index (κ3) is 11.9. The number of phosphoric acid groups is 1. The van der Waals surface area contributed by atoms with Crippen molar-refractivity contribution in [2.75, 3.05) is 12.9 Å². The van der Waals surface area contributed by atoms with Crippen molar-refractivity contribution in [3.05, 3.63) is 11.6 Å². The second-order valence-corrected chi connectivity index (χ2v) is 9.06. The van der Waals surface area contributed by atoms with E-state index >= 15 is 0 Å². The monoisotopic (exact) mass is 446 g/mol. The van der Waals surface area contributed by atoms with Crippen molar-refractivity contribution in [1.82, 2.24) is 4.72 Å². The molecule has 166 valence electrons. The fraction of sp³-hybridized carbons (Fsp3) is 0.800. The van der Waals surface area contributed by atoms with E-state index in [-0.39, 0.29) is 19.1 Å². The summed E-state index contributed by atoms with van der Waals surface area (Å²) in [6.45, 7) is 5.99. The highest BCUT2D eigenvalue weighted by Crippen LogP contribution is 2.26. The molecule has 0 saturated heterocycles. The molecule has 3 atom stereocenters. The number of rotatable bonds is 8. The average molecular weight is 446 g/mol. The van der Waals surface area contributed by atoms with Gasteiger partial charge < -0.3 is 29.9 Å². The molecule has 1 rings (SSSR count). The maximum absolute atomic E-state index is 12.0. The van der Waals surface area contributed by atoms with Crippen molar-refractivity contribution >= 4 is 23.8 Å². The maximum atomic E-state index is 12.0. The van der Waals surface area contributed by atoms with Crippen LogP contribution in [0.2, 0.25) is 0 Å². The molecule has 1 aliphatic carbocycles. The van der Waals surface area contributed by atoms with Gasteiger partial charge in [0, 0.05) is 11.6 Å². The van der Waals surface area contributed by atoms with Crippen molar-refractivity contribution in [2.24, 2.45) is 5.73 Å². The Hall–Kier alpha value is -0.850. The lowest BCUT2D eigenvalue weighted by molar-refractivity contribution is -0.139. The highest BCUT2D eigenvalue weighted by molar-refractivity contribution is 7.88. The molecular weight excluding hydrogens is 415 g/mol. The van der Waals surface area contributed by atoms with E-state index in [9.17, 15) is 13.2 Å². The van der Waals surface area contributed by atoms with Crippen LogP contribution >= 0.6 is 7.82 Å². The predicted molar refractivity (Wildman–Crippen MR) is 103 cm³/mol. The van der Waals surface area contributed by atoms with Gasteiger partial charge >= 0.3 is 13.8 Å². The van der Waals surface area contributed by atoms with Crippen LogP contribution in [0, 0.1) is 0 Å². The van der Waals surface area contributed by atoms with E-state index in [1.165, 1.54) is 0 Å². The van der Waals surface area contributed by atoms with Crippen LogP contribution in [-0.4, -0.2) is 66.2 Å². The predicted octanol–water partition coefficient (Wildman–Crippen LogP) is -0.230. The molecule has 0 aromatic heterocycles. The third-order valence-electron chi connectivity index (χ3n) is 3.78. The number of hydrogen-bond donors (Lipinski definition) is 5. The minimum absolute atomic E-state index is 0.0335. The normalized spacial score (nSPS) is 22.9. The molecule has 0 saturated carbocycles. The summed E-state index contributed by atoms with van der Waals surface area (Å²) in [5.41, 5.74) is 6.54. The Bertz CT molecular complexity index is 665. The zero-order valence-corrected chi connectivity index (χ0v) is 18.2. The number of carbonyl (C=O) groups is 1. The number of nitrogens with one attached hydrogen (secondary N) is 1. The first kappa shape index (κ1) is 27.1. The standard InChI is InChI=1S/C15H28N2O5S.H3O4P/c1-5-11(6-2)22-13-9-10(15(18)21-7-3)8-12(16)14(13)17-23(4,19)20;1-5(2,3)4/h9,11-14,17H,5-8,16H2,1-4H3;(H3,1,2,3,4)/t12-,13+,14+;/m0./s1. The lowest BCUT2D eigenvalue weighted by atomic mass is 9.89. The van der Waals surface area contributed by atoms with E-state index in [2.05, 4.69) is 4.72 Å². The van der Waals surface area contributed by atoms with Crippen LogP contribution in [0.25, 0.3) is 0 Å². The van der Waals surface area contributed by atoms with Crippen LogP contribution in [0.15, 0.2) is 11.6 Å². The molecule has 6 N–H and O–H groups in total. The molecule has 0 fully saturated rings. The molecule has 0 aromatic rings. The Morgan fingerprint density at radius 1 is 1.32 bits per heavy atom. The van der Waals surface area contributed by atoms with Gasteiger partial charge in [0.15, 0.2) is 0 Å². The first-order valence-corrected chi connectivity index (χ1v) is 12.2. The first-order valence-electron chi connectivity index (χ1n) is 8.76. The number of hydrogen-bond acceptors (Lipinski definition) is 7. The molecule has 0 heterocycles. The smallest absolute Gasteiger partial charge is 0.463 e. The topological polar surface area (TPSA) is 185 Å². The number of esters is 1. The molecule has 0 bridgehead atoms. The molecule has 0 unspecified atom stereocenters. The largest absolute Gasteiger partial charge is 0.466 e. The molecule has 0 radical (unpaired) electrons. The number of ether oxygens (including phenoxy) is 2. The Labute approximate surface area is 165 Å². The van der Waals surface area contributed by atoms with E-state index in [0.717, 1.165) is 19.1 Å². The van der Waals surface area contributed by atoms with Crippen LogP contribution in [0.5, 0.6) is 0 Å². The van der Waals surface area contributed by atoms with Gasteiger partial charge in [0.2, 0.25) is 10.0 Å². The SMILES string of the molecule is CCOC(=O)C1=C[C@@H](OC(CC)CC)[C@H](NS(C)(=O)=O)[C@@H](N)C1.O=P(O)(O)O. The maximum Gasteiger partial charge on any atom is 0.466 e. The van der Waals surface area contributed by atoms with Crippen LogP contribution in [0.3, 0.4) is 0 Å². The summed E-state index contributed by atoms with van der Waals surface area (Å²) < 4.78 is 45.6. The Morgan fingerprint density at radius 3 is 2.21 bits per heavy atom. The summed E-state index contributed by atoms with van der Waals surface area (Å²) in [6.07, 6.45) is 3.91. The molecule has 1 aliphatic rings. The zero-order chi connectivity index (χ0) is 22.1. The van der Waals surface area contributed by atoms with E-state index in [4.69, 9.17) is 34.5 Å². The second kappa shape index (κ2) is 12.0. The first-order chi connectivity index (χ1) is 12.7. The molecular formula is C15H31N2O9PS. The van der Waals surface area contributed by atoms with Gasteiger partial charge in [-0.2, -0.15) is 0 Å². The Kier molecular flexibility index (Phi) is 11.6. The molecule has 0 aromatic carbocycles. The molecule has 11 nitrogen and oxygen atoms in total. The van der Waals surface area contributed by atoms with Gasteiger partial charge in [-0.25, -0.2) is 22.5 Å². The van der Waals surface area contributed by atoms with E-state index in [1.54, 1.807) is 13.0 Å². The van der Waals surface area contributed by atoms with Crippen molar-refractivity contribution in [3.63, 3.8) is 0 Å². The average Bonchev–Trinajstić information content (AvgIpc) is 2.52. The van der Waals surface area contributed by atoms with Gasteiger partial charge in [-0.3, -0.25) is 0 Å². The molecule has 0 aliphatic heterocycles. The highest BCUT2D eigenvalue weighted by Gasteiger charge is 2.36. The summed E-state index contributed by atoms with van der Waals surface area (Å²) in [6, 6.07) is -1.17. The fourth-order valence-corrected chi connectivity index (χ4v) is 3.40. The van der Waals surface area contributed by atoms with Crippen molar-refractivity contribution in [3.8, 4) is 0 Å². The van der Waals surface area contributed by atoms with Gasteiger partial charge in [0.1, 0.15) is 0 Å². The summed E-state index contributed by atoms with van der Waals surface area (Å²) >= 11 is 0. The zero-order valence-electron chi connectivity index (χ0n) is 16.4. The Morgan fingerprint density at radius 2 is 1.82 bits per heavy atom. The molecule has 13 heteroatoms. The van der Waals surface area contributed by atoms with Crippen molar-refractivity contribution in [1.29, 1.82) is 0 Å². The number of sulfonamides is 1. The lowest BCUT2D eigenvalue weighted by Crippen LogP contribution is -2.57. The molecule has 0 spiro atoms. The van der Waals surface area contributed by atoms with Gasteiger partial charge in [-0.1, -0.05) is 13.8 Å². The van der Waals surface area contributed by atoms with E-state index < -0.39 is 42.0 Å². The summed E-state index contributed by atoms with van der Waals surface area (Å²) in [5, 5.41) is 0. The lowest BCUT2D eigenvalue weighted by Gasteiger charge is -2.36. The summed E-state index contributed by atoms with van der Waals surface area (Å²) in [7, 11) is -8.08. The molecule has 28 heavy (non-hydrogen) atoms. The van der Waals surface area contributed by atoms with E-state index in [0.29, 0.717) is 5.57 Å². The van der Waals surface area contributed by atoms with Gasteiger partial charge in [0.25, 0.3) is 0 Å². The quantitative estimate of drug-likeness (QED) is 0.246. The minimum Gasteiger partial charge on any atom is -0.463 e. The summed E-state index contributed by atoms with van der Waals surface area (Å²) in [5.74, 6) is -0.432. The fourth-order valence-electron chi connectivity index (χ4n) is 2.60. The van der Waals surface area contributed by atoms with Crippen LogP contribution < -0.4 is 10.5 Å². The number of nitrogens with two attached hydrogens (primary N) is 1. The van der Waals surface area contributed by atoms with Crippen LogP contribution in [0.1, 0.15) is 40.0 Å². The van der Waals surface area contributed by atoms with Gasteiger partial charge in [-0.15, -0.1) is 0 Å². The number of carbonyl (C=O) groups excluding carboxylic acids is 1. The van der Waals surface area contributed by atoms with Crippen molar-refractivity contribution < 1.29 is 41.9 Å². The van der Waals surface area contributed by atoms with E-state index in [1.807, 2.05) is 13.8 Å². The third-order valence-corrected chi connectivity index (χ3v) is 4.48. The van der Waals surface area contributed by atoms with Crippen molar-refractivity contribution in [2.45, 2.75) is 64.3 Å². The van der Waals surface area contributed by atoms with Gasteiger partial charge in [-0.05, 0) is 32.3 Å². The van der Waals surface area contributed by atoms with Crippen LogP contribution in [0.4, 0.5) is 0 Å². The van der Waals surface area contributed by atoms with Gasteiger partial charge in [0.05, 0.1) is 31.1 Å². The molecule has 0 amide bonds. The highest BCUT2D eigenvalue weighted by atomic mass is 32.2. The summed E-state index contributed by atoms with van der Waals surface area (Å²) in [4.78, 5) is 33.5. The minimum atomic E-state index is -4.64.